The number of aryl methyl sites for hydroxylation is 1. The fourth-order valence-corrected chi connectivity index (χ4v) is 3.01. The maximum atomic E-state index is 12.4. The summed E-state index contributed by atoms with van der Waals surface area (Å²) in [4.78, 5) is 25.2. The molecule has 0 saturated heterocycles. The Kier molecular flexibility index (Phi) is 5.15. The van der Waals surface area contributed by atoms with Crippen molar-refractivity contribution >= 4 is 35.0 Å². The monoisotopic (exact) mass is 380 g/mol. The van der Waals surface area contributed by atoms with Crippen LogP contribution in [-0.2, 0) is 16.1 Å². The molecule has 0 radical (unpaired) electrons. The number of aromatic nitrogens is 4. The Hall–Kier alpha value is -2.25. The standard InChI is InChI=1S/C16H14Cl2N4O3/c1-9-19-21-22(20-9)8-13-14(17)6-5-12(15(13)18)16(24)25-11-4-2-3-10(23)7-11/h5-7H,2-4,8H2,1H3. The smallest absolute Gasteiger partial charge is 0.344 e. The maximum Gasteiger partial charge on any atom is 0.344 e. The van der Waals surface area contributed by atoms with Gasteiger partial charge in [-0.05, 0) is 30.7 Å². The van der Waals surface area contributed by atoms with E-state index in [1.165, 1.54) is 16.9 Å². The molecule has 1 aliphatic carbocycles. The molecule has 2 aromatic rings. The van der Waals surface area contributed by atoms with Crippen molar-refractivity contribution in [3.05, 3.63) is 51.0 Å². The van der Waals surface area contributed by atoms with Gasteiger partial charge in [-0.25, -0.2) is 4.79 Å². The minimum absolute atomic E-state index is 0.0513. The fourth-order valence-electron chi connectivity index (χ4n) is 2.45. The van der Waals surface area contributed by atoms with Gasteiger partial charge in [-0.2, -0.15) is 4.80 Å². The number of carbonyl (C=O) groups is 2. The summed E-state index contributed by atoms with van der Waals surface area (Å²) in [5.74, 6) is 0.176. The first kappa shape index (κ1) is 17.6. The molecule has 25 heavy (non-hydrogen) atoms. The predicted octanol–water partition coefficient (Wildman–Crippen LogP) is 3.13. The number of ketones is 1. The van der Waals surface area contributed by atoms with E-state index in [-0.39, 0.29) is 22.9 Å². The molecule has 7 nitrogen and oxygen atoms in total. The van der Waals surface area contributed by atoms with Crippen molar-refractivity contribution in [2.45, 2.75) is 32.7 Å². The normalized spacial score (nSPS) is 14.4. The van der Waals surface area contributed by atoms with Crippen molar-refractivity contribution in [3.63, 3.8) is 0 Å². The molecule has 0 saturated carbocycles. The van der Waals surface area contributed by atoms with E-state index in [0.29, 0.717) is 41.4 Å². The number of tetrazole rings is 1. The van der Waals surface area contributed by atoms with Crippen molar-refractivity contribution in [1.82, 2.24) is 20.2 Å². The summed E-state index contributed by atoms with van der Waals surface area (Å²) in [5, 5.41) is 12.3. The van der Waals surface area contributed by atoms with Crippen LogP contribution in [0.2, 0.25) is 10.0 Å². The molecule has 0 unspecified atom stereocenters. The number of ether oxygens (including phenoxy) is 1. The number of esters is 1. The molecule has 1 heterocycles. The summed E-state index contributed by atoms with van der Waals surface area (Å²) in [7, 11) is 0. The van der Waals surface area contributed by atoms with Gasteiger partial charge in [0, 0.05) is 29.5 Å². The van der Waals surface area contributed by atoms with Gasteiger partial charge in [-0.3, -0.25) is 4.79 Å². The quantitative estimate of drug-likeness (QED) is 0.757. The zero-order chi connectivity index (χ0) is 18.0. The highest BCUT2D eigenvalue weighted by atomic mass is 35.5. The average molecular weight is 381 g/mol. The SMILES string of the molecule is Cc1nnn(Cc2c(Cl)ccc(C(=O)OC3=CC(=O)CCC3)c2Cl)n1. The van der Waals surface area contributed by atoms with Gasteiger partial charge in [0.1, 0.15) is 5.76 Å². The third-order valence-corrected chi connectivity index (χ3v) is 4.44. The number of hydrogen-bond acceptors (Lipinski definition) is 6. The minimum Gasteiger partial charge on any atom is -0.427 e. The fraction of sp³-hybridized carbons (Fsp3) is 0.312. The number of hydrogen-bond donors (Lipinski definition) is 0. The van der Waals surface area contributed by atoms with Gasteiger partial charge in [0.15, 0.2) is 11.6 Å². The van der Waals surface area contributed by atoms with Gasteiger partial charge in [0.05, 0.1) is 17.1 Å². The zero-order valence-electron chi connectivity index (χ0n) is 13.3. The van der Waals surface area contributed by atoms with E-state index in [0.717, 1.165) is 0 Å². The van der Waals surface area contributed by atoms with Crippen molar-refractivity contribution in [2.24, 2.45) is 0 Å². The van der Waals surface area contributed by atoms with Crippen LogP contribution in [0.4, 0.5) is 0 Å². The zero-order valence-corrected chi connectivity index (χ0v) is 14.8. The molecule has 1 aromatic carbocycles. The van der Waals surface area contributed by atoms with Crippen molar-refractivity contribution in [1.29, 1.82) is 0 Å². The second kappa shape index (κ2) is 7.33. The maximum absolute atomic E-state index is 12.4. The molecule has 0 N–H and O–H groups in total. The summed E-state index contributed by atoms with van der Waals surface area (Å²) in [5.41, 5.74) is 0.653. The van der Waals surface area contributed by atoms with Gasteiger partial charge in [-0.15, -0.1) is 10.2 Å². The number of allylic oxidation sites excluding steroid dienone is 2. The van der Waals surface area contributed by atoms with Gasteiger partial charge < -0.3 is 4.74 Å². The van der Waals surface area contributed by atoms with Crippen molar-refractivity contribution in [3.8, 4) is 0 Å². The molecule has 0 fully saturated rings. The van der Waals surface area contributed by atoms with E-state index in [9.17, 15) is 9.59 Å². The average Bonchev–Trinajstić information content (AvgIpc) is 2.96. The topological polar surface area (TPSA) is 87.0 Å². The third-order valence-electron chi connectivity index (χ3n) is 3.65. The van der Waals surface area contributed by atoms with Crippen LogP contribution < -0.4 is 0 Å². The number of benzene rings is 1. The summed E-state index contributed by atoms with van der Waals surface area (Å²) in [6.45, 7) is 1.88. The van der Waals surface area contributed by atoms with E-state index in [1.54, 1.807) is 13.0 Å². The van der Waals surface area contributed by atoms with Crippen LogP contribution >= 0.6 is 23.2 Å². The highest BCUT2D eigenvalue weighted by Crippen LogP contribution is 2.30. The van der Waals surface area contributed by atoms with Crippen LogP contribution in [0.25, 0.3) is 0 Å². The Morgan fingerprint density at radius 2 is 2.12 bits per heavy atom. The number of rotatable bonds is 4. The summed E-state index contributed by atoms with van der Waals surface area (Å²) in [6, 6.07) is 3.05. The molecular formula is C16H14Cl2N4O3. The first-order valence-electron chi connectivity index (χ1n) is 7.61. The van der Waals surface area contributed by atoms with Crippen molar-refractivity contribution < 1.29 is 14.3 Å². The van der Waals surface area contributed by atoms with Crippen LogP contribution in [0.3, 0.4) is 0 Å². The Labute approximate surface area is 153 Å². The van der Waals surface area contributed by atoms with Gasteiger partial charge in [0.2, 0.25) is 0 Å². The second-order valence-electron chi connectivity index (χ2n) is 5.57. The summed E-state index contributed by atoms with van der Waals surface area (Å²) < 4.78 is 5.30. The first-order chi connectivity index (χ1) is 11.9. The predicted molar refractivity (Wildman–Crippen MR) is 90.5 cm³/mol. The van der Waals surface area contributed by atoms with Crippen molar-refractivity contribution in [2.75, 3.05) is 0 Å². The van der Waals surface area contributed by atoms with Gasteiger partial charge in [0.25, 0.3) is 0 Å². The molecule has 0 atom stereocenters. The number of carbonyl (C=O) groups excluding carboxylic acids is 2. The van der Waals surface area contributed by atoms with E-state index < -0.39 is 5.97 Å². The molecule has 0 spiro atoms. The van der Waals surface area contributed by atoms with Crippen LogP contribution in [0, 0.1) is 6.92 Å². The molecule has 130 valence electrons. The third kappa shape index (κ3) is 4.05. The Balaban J connectivity index is 1.85. The number of halogens is 2. The molecule has 1 aromatic heterocycles. The lowest BCUT2D eigenvalue weighted by atomic mass is 10.1. The van der Waals surface area contributed by atoms with E-state index >= 15 is 0 Å². The molecule has 0 bridgehead atoms. The molecule has 1 aliphatic rings. The van der Waals surface area contributed by atoms with Crippen LogP contribution in [0.1, 0.15) is 41.0 Å². The highest BCUT2D eigenvalue weighted by molar-refractivity contribution is 6.38. The molecular weight excluding hydrogens is 367 g/mol. The Morgan fingerprint density at radius 1 is 1.32 bits per heavy atom. The lowest BCUT2D eigenvalue weighted by Crippen LogP contribution is -2.12. The molecule has 3 rings (SSSR count). The lowest BCUT2D eigenvalue weighted by Gasteiger charge is -2.14. The molecule has 9 heteroatoms. The Bertz CT molecular complexity index is 876. The number of nitrogens with zero attached hydrogens (tertiary/aromatic N) is 4. The Morgan fingerprint density at radius 3 is 2.80 bits per heavy atom. The van der Waals surface area contributed by atoms with Gasteiger partial charge in [-0.1, -0.05) is 23.2 Å². The molecule has 0 aliphatic heterocycles. The lowest BCUT2D eigenvalue weighted by molar-refractivity contribution is -0.115. The van der Waals surface area contributed by atoms with Gasteiger partial charge >= 0.3 is 5.97 Å². The van der Waals surface area contributed by atoms with Crippen LogP contribution in [-0.4, -0.2) is 32.0 Å². The largest absolute Gasteiger partial charge is 0.427 e. The van der Waals surface area contributed by atoms with E-state index in [2.05, 4.69) is 15.4 Å². The molecule has 0 amide bonds. The van der Waals surface area contributed by atoms with E-state index in [1.807, 2.05) is 0 Å². The van der Waals surface area contributed by atoms with Crippen LogP contribution in [0.15, 0.2) is 24.0 Å². The summed E-state index contributed by atoms with van der Waals surface area (Å²) >= 11 is 12.5. The highest BCUT2D eigenvalue weighted by Gasteiger charge is 2.21. The van der Waals surface area contributed by atoms with E-state index in [4.69, 9.17) is 27.9 Å². The first-order valence-corrected chi connectivity index (χ1v) is 8.36. The minimum atomic E-state index is -0.633. The van der Waals surface area contributed by atoms with Crippen LogP contribution in [0.5, 0.6) is 0 Å². The summed E-state index contributed by atoms with van der Waals surface area (Å²) in [6.07, 6.45) is 3.03. The second-order valence-corrected chi connectivity index (χ2v) is 6.36.